The Bertz CT molecular complexity index is 937. The predicted octanol–water partition coefficient (Wildman–Crippen LogP) is 3.03. The number of thioether (sulfide) groups is 1. The van der Waals surface area contributed by atoms with Crippen molar-refractivity contribution in [3.8, 4) is 5.75 Å². The third-order valence-corrected chi connectivity index (χ3v) is 5.76. The molecule has 0 saturated carbocycles. The van der Waals surface area contributed by atoms with E-state index in [1.54, 1.807) is 25.3 Å². The van der Waals surface area contributed by atoms with Crippen molar-refractivity contribution in [1.82, 2.24) is 5.32 Å². The number of nitrogens with zero attached hydrogens (tertiary/aromatic N) is 1. The van der Waals surface area contributed by atoms with E-state index in [9.17, 15) is 9.59 Å². The summed E-state index contributed by atoms with van der Waals surface area (Å²) in [5.41, 5.74) is 1.46. The number of esters is 1. The van der Waals surface area contributed by atoms with Crippen LogP contribution in [0.15, 0.2) is 53.4 Å². The normalized spacial score (nSPS) is 21.0. The molecule has 7 heteroatoms. The second-order valence-electron chi connectivity index (χ2n) is 6.23. The van der Waals surface area contributed by atoms with Crippen molar-refractivity contribution in [3.63, 3.8) is 0 Å². The van der Waals surface area contributed by atoms with Crippen molar-refractivity contribution < 1.29 is 23.2 Å². The van der Waals surface area contributed by atoms with Crippen molar-refractivity contribution >= 4 is 29.3 Å². The smallest absolute Gasteiger partial charge is 0.303 e. The zero-order valence-electron chi connectivity index (χ0n) is 18.7. The highest BCUT2D eigenvalue weighted by molar-refractivity contribution is 7.99. The van der Waals surface area contributed by atoms with E-state index in [4.69, 9.17) is 13.6 Å². The molecule has 1 aliphatic rings. The largest absolute Gasteiger partial charge is 0.497 e. The van der Waals surface area contributed by atoms with Gasteiger partial charge in [-0.15, -0.1) is 11.8 Å². The number of para-hydroxylation sites is 1. The maximum Gasteiger partial charge on any atom is 0.303 e. The molecule has 1 aliphatic heterocycles. The van der Waals surface area contributed by atoms with E-state index in [1.807, 2.05) is 30.3 Å². The predicted molar refractivity (Wildman–Crippen MR) is 110 cm³/mol. The molecule has 3 rings (SSSR count). The zero-order valence-corrected chi connectivity index (χ0v) is 16.5. The number of anilines is 1. The van der Waals surface area contributed by atoms with Gasteiger partial charge in [-0.2, -0.15) is 0 Å². The summed E-state index contributed by atoms with van der Waals surface area (Å²) in [5.74, 6) is -0.291. The number of methoxy groups -OCH3 is 1. The Morgan fingerprint density at radius 2 is 2.00 bits per heavy atom. The maximum atomic E-state index is 13.5. The molecule has 2 atom stereocenters. The van der Waals surface area contributed by atoms with Gasteiger partial charge in [-0.3, -0.25) is 9.59 Å². The molecule has 0 saturated heterocycles. The van der Waals surface area contributed by atoms with E-state index in [2.05, 4.69) is 5.32 Å². The zero-order chi connectivity index (χ0) is 22.6. The number of hydrogen-bond acceptors (Lipinski definition) is 6. The lowest BCUT2D eigenvalue weighted by molar-refractivity contribution is -0.152. The van der Waals surface area contributed by atoms with Crippen LogP contribution in [0.5, 0.6) is 5.75 Å². The molecule has 1 N–H and O–H groups in total. The number of likely N-dealkylation sites (N-methyl/N-ethyl adjacent to an activating group) is 1. The minimum Gasteiger partial charge on any atom is -0.497 e. The summed E-state index contributed by atoms with van der Waals surface area (Å²) in [7, 11) is 1.57. The fourth-order valence-electron chi connectivity index (χ4n) is 3.11. The van der Waals surface area contributed by atoms with E-state index in [-0.39, 0.29) is 13.1 Å². The first-order chi connectivity index (χ1) is 14.7. The van der Waals surface area contributed by atoms with E-state index in [0.717, 1.165) is 10.5 Å². The summed E-state index contributed by atoms with van der Waals surface area (Å²) in [4.78, 5) is 27.7. The van der Waals surface area contributed by atoms with Crippen LogP contribution in [0.1, 0.15) is 21.8 Å². The summed E-state index contributed by atoms with van der Waals surface area (Å²) < 4.78 is 32.7. The molecule has 148 valence electrons. The Balaban J connectivity index is 2.00. The molecule has 1 amide bonds. The molecule has 2 aromatic carbocycles. The molecule has 0 aromatic heterocycles. The SMILES string of the molecule is [2H]C([2H])([2H])NCCN1C(=O)[C@H](OC(C)=O)[C@H](c2ccc(OC)cc2)Sc2ccccc21. The maximum absolute atomic E-state index is 13.5. The number of nitrogens with one attached hydrogen (secondary N) is 1. The molecule has 0 spiro atoms. The molecule has 6 nitrogen and oxygen atoms in total. The van der Waals surface area contributed by atoms with Crippen LogP contribution in [-0.2, 0) is 14.3 Å². The Hall–Kier alpha value is -2.51. The van der Waals surface area contributed by atoms with Crippen molar-refractivity contribution in [2.24, 2.45) is 0 Å². The highest BCUT2D eigenvalue weighted by Crippen LogP contribution is 2.46. The molecule has 2 aromatic rings. The third kappa shape index (κ3) is 4.31. The van der Waals surface area contributed by atoms with Gasteiger partial charge in [0.1, 0.15) is 5.75 Å². The molecule has 0 radical (unpaired) electrons. The van der Waals surface area contributed by atoms with Crippen LogP contribution < -0.4 is 15.0 Å². The summed E-state index contributed by atoms with van der Waals surface area (Å²) in [5, 5.41) is 1.95. The molecule has 0 bridgehead atoms. The van der Waals surface area contributed by atoms with Crippen LogP contribution >= 0.6 is 11.8 Å². The highest BCUT2D eigenvalue weighted by atomic mass is 32.2. The molecule has 1 heterocycles. The van der Waals surface area contributed by atoms with Gasteiger partial charge in [0.25, 0.3) is 5.91 Å². The van der Waals surface area contributed by atoms with Crippen LogP contribution in [0.25, 0.3) is 0 Å². The van der Waals surface area contributed by atoms with Crippen LogP contribution in [0.2, 0.25) is 0 Å². The molecule has 0 aliphatic carbocycles. The summed E-state index contributed by atoms with van der Waals surface area (Å²) in [6.07, 6.45) is -1.07. The molecular weight excluding hydrogens is 376 g/mol. The molecular formula is C21H24N2O4S. The summed E-state index contributed by atoms with van der Waals surface area (Å²) in [6.45, 7) is -0.880. The van der Waals surface area contributed by atoms with Crippen LogP contribution in [-0.4, -0.2) is 45.2 Å². The van der Waals surface area contributed by atoms with E-state index >= 15 is 0 Å². The van der Waals surface area contributed by atoms with E-state index in [1.165, 1.54) is 23.6 Å². The second-order valence-corrected chi connectivity index (χ2v) is 7.41. The van der Waals surface area contributed by atoms with Gasteiger partial charge in [0.15, 0.2) is 6.10 Å². The fourth-order valence-corrected chi connectivity index (χ4v) is 4.42. The van der Waals surface area contributed by atoms with Gasteiger partial charge in [0.05, 0.1) is 18.0 Å². The quantitative estimate of drug-likeness (QED) is 0.748. The van der Waals surface area contributed by atoms with Gasteiger partial charge in [-0.1, -0.05) is 24.3 Å². The second kappa shape index (κ2) is 9.12. The minimum atomic E-state index is -2.32. The van der Waals surface area contributed by atoms with Crippen LogP contribution in [0, 0.1) is 0 Å². The van der Waals surface area contributed by atoms with Gasteiger partial charge in [0, 0.05) is 29.0 Å². The topological polar surface area (TPSA) is 67.9 Å². The third-order valence-electron chi connectivity index (χ3n) is 4.39. The number of carbonyl (C=O) groups excluding carboxylic acids is 2. The van der Waals surface area contributed by atoms with Gasteiger partial charge in [0.2, 0.25) is 0 Å². The average molecular weight is 404 g/mol. The van der Waals surface area contributed by atoms with Gasteiger partial charge in [-0.05, 0) is 36.8 Å². The van der Waals surface area contributed by atoms with Crippen molar-refractivity contribution in [1.29, 1.82) is 0 Å². The van der Waals surface area contributed by atoms with Crippen LogP contribution in [0.4, 0.5) is 5.69 Å². The van der Waals surface area contributed by atoms with Gasteiger partial charge >= 0.3 is 5.97 Å². The number of rotatable bonds is 6. The standard InChI is InChI=1S/C21H24N2O4S/c1-14(24)27-19-20(15-8-10-16(26-3)11-9-15)28-18-7-5-4-6-17(18)23(21(19)25)13-12-22-2/h4-11,19-20,22H,12-13H2,1-3H3/t19-,20+/m1/s1/i2D3. The number of hydrogen-bond donors (Lipinski definition) is 1. The molecule has 0 unspecified atom stereocenters. The van der Waals surface area contributed by atoms with Crippen molar-refractivity contribution in [2.75, 3.05) is 32.1 Å². The Labute approximate surface area is 173 Å². The lowest BCUT2D eigenvalue weighted by atomic mass is 10.1. The number of carbonyl (C=O) groups is 2. The monoisotopic (exact) mass is 403 g/mol. The van der Waals surface area contributed by atoms with E-state index in [0.29, 0.717) is 11.4 Å². The van der Waals surface area contributed by atoms with Crippen molar-refractivity contribution in [2.45, 2.75) is 23.2 Å². The first-order valence-electron chi connectivity index (χ1n) is 10.3. The fraction of sp³-hybridized carbons (Fsp3) is 0.333. The minimum absolute atomic E-state index is 0.0568. The molecule has 0 fully saturated rings. The molecule has 28 heavy (non-hydrogen) atoms. The Morgan fingerprint density at radius 1 is 1.25 bits per heavy atom. The number of amides is 1. The lowest BCUT2D eigenvalue weighted by Gasteiger charge is -2.27. The number of benzene rings is 2. The summed E-state index contributed by atoms with van der Waals surface area (Å²) >= 11 is 1.43. The van der Waals surface area contributed by atoms with Gasteiger partial charge in [-0.25, -0.2) is 0 Å². The Morgan fingerprint density at radius 3 is 2.68 bits per heavy atom. The van der Waals surface area contributed by atoms with Crippen molar-refractivity contribution in [3.05, 3.63) is 54.1 Å². The van der Waals surface area contributed by atoms with E-state index < -0.39 is 30.2 Å². The Kier molecular flexibility index (Phi) is 5.36. The van der Waals surface area contributed by atoms with Crippen LogP contribution in [0.3, 0.4) is 0 Å². The first-order valence-corrected chi connectivity index (χ1v) is 9.71. The number of fused-ring (bicyclic) bond motifs is 1. The lowest BCUT2D eigenvalue weighted by Crippen LogP contribution is -2.45. The highest BCUT2D eigenvalue weighted by Gasteiger charge is 2.40. The van der Waals surface area contributed by atoms with Gasteiger partial charge < -0.3 is 19.7 Å². The number of ether oxygens (including phenoxy) is 2. The first kappa shape index (κ1) is 16.4. The summed E-state index contributed by atoms with van der Waals surface area (Å²) in [6, 6.07) is 14.6. The average Bonchev–Trinajstić information content (AvgIpc) is 2.83.